The van der Waals surface area contributed by atoms with Crippen molar-refractivity contribution >= 4 is 23.8 Å². The highest BCUT2D eigenvalue weighted by atomic mass is 19.1. The standard InChI is InChI=1S/C15H14BF2NO2/c1-10(19)15(20)21-16(11-2-6-13(17)7-3-11)12-4-8-14(18)9-5-12/h2-10H,19H2,1H3/t10-/m0/s1. The minimum atomic E-state index is -0.784. The van der Waals surface area contributed by atoms with Crippen LogP contribution in [0.5, 0.6) is 0 Å². The Kier molecular flexibility index (Phi) is 4.70. The summed E-state index contributed by atoms with van der Waals surface area (Å²) >= 11 is 0. The molecule has 0 amide bonds. The van der Waals surface area contributed by atoms with Gasteiger partial charge in [-0.05, 0) is 42.1 Å². The van der Waals surface area contributed by atoms with E-state index in [9.17, 15) is 13.6 Å². The van der Waals surface area contributed by atoms with Crippen LogP contribution in [-0.4, -0.2) is 18.9 Å². The maximum atomic E-state index is 13.0. The summed E-state index contributed by atoms with van der Waals surface area (Å²) in [7, 11) is 0. The van der Waals surface area contributed by atoms with Gasteiger partial charge in [0.15, 0.2) is 0 Å². The topological polar surface area (TPSA) is 52.3 Å². The molecule has 0 saturated heterocycles. The molecule has 0 fully saturated rings. The van der Waals surface area contributed by atoms with Crippen molar-refractivity contribution in [3.8, 4) is 0 Å². The third-order valence-electron chi connectivity index (χ3n) is 2.95. The predicted molar refractivity (Wildman–Crippen MR) is 77.6 cm³/mol. The predicted octanol–water partition coefficient (Wildman–Crippen LogP) is 0.961. The van der Waals surface area contributed by atoms with Crippen LogP contribution >= 0.6 is 0 Å². The molecule has 108 valence electrons. The second-order valence-corrected chi connectivity index (χ2v) is 4.71. The molecule has 0 unspecified atom stereocenters. The zero-order valence-electron chi connectivity index (χ0n) is 11.4. The molecule has 21 heavy (non-hydrogen) atoms. The Morgan fingerprint density at radius 3 is 1.71 bits per heavy atom. The average molecular weight is 289 g/mol. The molecule has 1 atom stereocenters. The molecule has 0 aliphatic heterocycles. The van der Waals surface area contributed by atoms with E-state index < -0.39 is 30.6 Å². The van der Waals surface area contributed by atoms with Gasteiger partial charge in [0.05, 0.1) is 6.04 Å². The van der Waals surface area contributed by atoms with E-state index in [4.69, 9.17) is 10.4 Å². The highest BCUT2D eigenvalue weighted by Crippen LogP contribution is 2.01. The van der Waals surface area contributed by atoms with Crippen LogP contribution in [0.25, 0.3) is 0 Å². The molecule has 0 heterocycles. The monoisotopic (exact) mass is 289 g/mol. The summed E-state index contributed by atoms with van der Waals surface area (Å²) in [4.78, 5) is 11.7. The fourth-order valence-corrected chi connectivity index (χ4v) is 1.83. The molecule has 3 nitrogen and oxygen atoms in total. The number of carbonyl (C=O) groups is 1. The van der Waals surface area contributed by atoms with Crippen LogP contribution in [0.1, 0.15) is 6.92 Å². The van der Waals surface area contributed by atoms with E-state index in [1.54, 1.807) is 0 Å². The fraction of sp³-hybridized carbons (Fsp3) is 0.133. The van der Waals surface area contributed by atoms with E-state index >= 15 is 0 Å². The Bertz CT molecular complexity index is 569. The maximum Gasteiger partial charge on any atom is 0.429 e. The van der Waals surface area contributed by atoms with Gasteiger partial charge in [-0.3, -0.25) is 4.79 Å². The van der Waals surface area contributed by atoms with Crippen molar-refractivity contribution in [2.45, 2.75) is 13.0 Å². The molecule has 2 rings (SSSR count). The fourth-order valence-electron chi connectivity index (χ4n) is 1.83. The smallest absolute Gasteiger partial charge is 0.429 e. The molecule has 0 aromatic heterocycles. The normalized spacial score (nSPS) is 11.8. The van der Waals surface area contributed by atoms with Gasteiger partial charge in [-0.25, -0.2) is 8.78 Å². The number of benzene rings is 2. The number of halogens is 2. The minimum Gasteiger partial charge on any atom is -0.525 e. The summed E-state index contributed by atoms with van der Waals surface area (Å²) in [5, 5.41) is 0. The first kappa shape index (κ1) is 15.2. The summed E-state index contributed by atoms with van der Waals surface area (Å²) < 4.78 is 31.4. The van der Waals surface area contributed by atoms with Crippen molar-refractivity contribution in [3.05, 3.63) is 60.2 Å². The summed E-state index contributed by atoms with van der Waals surface area (Å²) in [6, 6.07) is 10.3. The lowest BCUT2D eigenvalue weighted by Gasteiger charge is -2.16. The van der Waals surface area contributed by atoms with E-state index in [1.807, 2.05) is 0 Å². The third-order valence-corrected chi connectivity index (χ3v) is 2.95. The highest BCUT2D eigenvalue weighted by Gasteiger charge is 2.27. The molecule has 0 aliphatic carbocycles. The van der Waals surface area contributed by atoms with Crippen molar-refractivity contribution in [3.63, 3.8) is 0 Å². The van der Waals surface area contributed by atoms with Gasteiger partial charge >= 0.3 is 12.9 Å². The molecule has 2 aromatic rings. The molecular weight excluding hydrogens is 275 g/mol. The van der Waals surface area contributed by atoms with E-state index in [2.05, 4.69) is 0 Å². The Hall–Kier alpha value is -2.21. The van der Waals surface area contributed by atoms with Gasteiger partial charge in [0.1, 0.15) is 11.6 Å². The molecule has 0 radical (unpaired) electrons. The zero-order valence-corrected chi connectivity index (χ0v) is 11.4. The highest BCUT2D eigenvalue weighted by molar-refractivity contribution is 6.81. The number of nitrogens with two attached hydrogens (primary N) is 1. The van der Waals surface area contributed by atoms with Gasteiger partial charge in [0, 0.05) is 0 Å². The lowest BCUT2D eigenvalue weighted by atomic mass is 9.55. The largest absolute Gasteiger partial charge is 0.525 e. The van der Waals surface area contributed by atoms with Gasteiger partial charge in [-0.2, -0.15) is 0 Å². The molecule has 0 saturated carbocycles. The van der Waals surface area contributed by atoms with Crippen LogP contribution in [0.2, 0.25) is 0 Å². The van der Waals surface area contributed by atoms with Crippen LogP contribution in [-0.2, 0) is 9.45 Å². The van der Waals surface area contributed by atoms with E-state index in [-0.39, 0.29) is 0 Å². The second kappa shape index (κ2) is 6.50. The Labute approximate surface area is 121 Å². The van der Waals surface area contributed by atoms with Crippen molar-refractivity contribution in [1.82, 2.24) is 0 Å². The summed E-state index contributed by atoms with van der Waals surface area (Å²) in [5.41, 5.74) is 6.66. The van der Waals surface area contributed by atoms with Crippen molar-refractivity contribution in [1.29, 1.82) is 0 Å². The average Bonchev–Trinajstić information content (AvgIpc) is 2.46. The van der Waals surface area contributed by atoms with Gasteiger partial charge < -0.3 is 10.4 Å². The quantitative estimate of drug-likeness (QED) is 0.853. The molecule has 0 bridgehead atoms. The number of hydrogen-bond acceptors (Lipinski definition) is 3. The number of hydrogen-bond donors (Lipinski definition) is 1. The maximum absolute atomic E-state index is 13.0. The minimum absolute atomic E-state index is 0.393. The first-order chi connectivity index (χ1) is 9.97. The molecular formula is C15H14BF2NO2. The Morgan fingerprint density at radius 2 is 1.38 bits per heavy atom. The Morgan fingerprint density at radius 1 is 1.00 bits per heavy atom. The second-order valence-electron chi connectivity index (χ2n) is 4.71. The van der Waals surface area contributed by atoms with Gasteiger partial charge in [0.2, 0.25) is 0 Å². The van der Waals surface area contributed by atoms with Gasteiger partial charge in [0.25, 0.3) is 0 Å². The Balaban J connectivity index is 2.36. The number of rotatable bonds is 4. The lowest BCUT2D eigenvalue weighted by molar-refractivity contribution is -0.135. The van der Waals surface area contributed by atoms with Crippen LogP contribution < -0.4 is 16.7 Å². The lowest BCUT2D eigenvalue weighted by Crippen LogP contribution is -2.48. The SMILES string of the molecule is C[C@H](N)C(=O)OB(c1ccc(F)cc1)c1ccc(F)cc1. The van der Waals surface area contributed by atoms with Crippen LogP contribution in [0, 0.1) is 11.6 Å². The van der Waals surface area contributed by atoms with E-state index in [0.717, 1.165) is 0 Å². The summed E-state index contributed by atoms with van der Waals surface area (Å²) in [6.45, 7) is 0.749. The summed E-state index contributed by atoms with van der Waals surface area (Å²) in [5.74, 6) is -1.38. The summed E-state index contributed by atoms with van der Waals surface area (Å²) in [6.07, 6.45) is 0. The van der Waals surface area contributed by atoms with Crippen molar-refractivity contribution in [2.24, 2.45) is 5.73 Å². The number of carbonyl (C=O) groups excluding carboxylic acids is 1. The van der Waals surface area contributed by atoms with Crippen LogP contribution in [0.4, 0.5) is 8.78 Å². The van der Waals surface area contributed by atoms with Gasteiger partial charge in [-0.15, -0.1) is 0 Å². The van der Waals surface area contributed by atoms with Gasteiger partial charge in [-0.1, -0.05) is 24.3 Å². The third kappa shape index (κ3) is 3.89. The molecule has 0 spiro atoms. The first-order valence-electron chi connectivity index (χ1n) is 6.44. The molecule has 2 N–H and O–H groups in total. The van der Waals surface area contributed by atoms with Crippen molar-refractivity contribution in [2.75, 3.05) is 0 Å². The van der Waals surface area contributed by atoms with Crippen LogP contribution in [0.3, 0.4) is 0 Å². The van der Waals surface area contributed by atoms with E-state index in [1.165, 1.54) is 55.5 Å². The van der Waals surface area contributed by atoms with Crippen molar-refractivity contribution < 1.29 is 18.2 Å². The first-order valence-corrected chi connectivity index (χ1v) is 6.44. The van der Waals surface area contributed by atoms with E-state index in [0.29, 0.717) is 10.9 Å². The zero-order chi connectivity index (χ0) is 15.4. The van der Waals surface area contributed by atoms with Crippen LogP contribution in [0.15, 0.2) is 48.5 Å². The molecule has 2 aromatic carbocycles. The molecule has 6 heteroatoms. The molecule has 0 aliphatic rings.